The van der Waals surface area contributed by atoms with Gasteiger partial charge in [-0.25, -0.2) is 29.5 Å². The zero-order valence-electron chi connectivity index (χ0n) is 48.6. The van der Waals surface area contributed by atoms with Crippen molar-refractivity contribution in [2.24, 2.45) is 0 Å². The van der Waals surface area contributed by atoms with Crippen molar-refractivity contribution in [1.29, 1.82) is 0 Å². The number of amides is 4. The Bertz CT molecular complexity index is 2900. The third kappa shape index (κ3) is 21.4. The standard InChI is InChI=1S/C62H76Cl4N10O10/c1-75-37-51(49-31-47(63)33-55(65)53(49)39-75)43-7-5-9-45(29-43)57-35-59(73-41-71-57)85-27-25-83-23-21-81-19-17-79-15-13-69-61(77)67-11-3-4-12-68-62(78)70-14-16-80-18-20-82-22-24-84-26-28-86-60-36-58(72-42-74-60)46-10-6-8-44(30-46)52-38-76(2)40-54-50(52)32-48(64)34-56(54)66/h5-10,29-36,41-42,51-52H,3-4,11-28,37-40H2,1-2H3,(H2,67,69,77)(H2,68,70,78)/t51-,52-/m0/s1. The summed E-state index contributed by atoms with van der Waals surface area (Å²) >= 11 is 26.1. The van der Waals surface area contributed by atoms with Crippen molar-refractivity contribution < 1.29 is 47.5 Å². The van der Waals surface area contributed by atoms with Crippen LogP contribution < -0.4 is 30.7 Å². The van der Waals surface area contributed by atoms with Crippen LogP contribution in [-0.2, 0) is 41.5 Å². The number of urea groups is 2. The number of hydrogen-bond donors (Lipinski definition) is 4. The molecule has 4 N–H and O–H groups in total. The third-order valence-electron chi connectivity index (χ3n) is 14.1. The number of aromatic nitrogens is 4. The summed E-state index contributed by atoms with van der Waals surface area (Å²) in [6.07, 6.45) is 4.40. The van der Waals surface area contributed by atoms with Gasteiger partial charge in [0.1, 0.15) is 25.9 Å². The maximum absolute atomic E-state index is 12.1. The van der Waals surface area contributed by atoms with Gasteiger partial charge in [0.05, 0.1) is 90.7 Å². The van der Waals surface area contributed by atoms with E-state index in [4.69, 9.17) is 84.3 Å². The van der Waals surface area contributed by atoms with Crippen LogP contribution in [0.5, 0.6) is 11.8 Å². The number of fused-ring (bicyclic) bond motifs is 2. The smallest absolute Gasteiger partial charge is 0.314 e. The van der Waals surface area contributed by atoms with Crippen molar-refractivity contribution in [1.82, 2.24) is 51.0 Å². The van der Waals surface area contributed by atoms with Crippen LogP contribution in [-0.4, -0.2) is 188 Å². The van der Waals surface area contributed by atoms with E-state index >= 15 is 0 Å². The quantitative estimate of drug-likeness (QED) is 0.0273. The normalized spacial score (nSPS) is 15.0. The van der Waals surface area contributed by atoms with Crippen molar-refractivity contribution >= 4 is 58.5 Å². The van der Waals surface area contributed by atoms with Gasteiger partial charge in [0, 0.05) is 108 Å². The first-order valence-electron chi connectivity index (χ1n) is 28.9. The van der Waals surface area contributed by atoms with Gasteiger partial charge in [-0.3, -0.25) is 0 Å². The van der Waals surface area contributed by atoms with Gasteiger partial charge in [-0.2, -0.15) is 0 Å². The van der Waals surface area contributed by atoms with Gasteiger partial charge in [-0.15, -0.1) is 0 Å². The lowest BCUT2D eigenvalue weighted by atomic mass is 9.84. The highest BCUT2D eigenvalue weighted by atomic mass is 35.5. The lowest BCUT2D eigenvalue weighted by Crippen LogP contribution is -2.39. The fourth-order valence-electron chi connectivity index (χ4n) is 9.99. The molecule has 24 heteroatoms. The molecule has 462 valence electrons. The van der Waals surface area contributed by atoms with E-state index in [0.717, 1.165) is 82.1 Å². The Morgan fingerprint density at radius 1 is 0.465 bits per heavy atom. The first kappa shape index (κ1) is 66.0. The molecule has 0 fully saturated rings. The summed E-state index contributed by atoms with van der Waals surface area (Å²) in [5.41, 5.74) is 10.2. The number of carbonyl (C=O) groups excluding carboxylic acids is 2. The van der Waals surface area contributed by atoms with Gasteiger partial charge < -0.3 is 69.0 Å². The molecule has 2 atom stereocenters. The number of ether oxygens (including phenoxy) is 8. The molecule has 0 aliphatic carbocycles. The number of likely N-dealkylation sites (N-methyl/N-ethyl adjacent to an activating group) is 2. The predicted molar refractivity (Wildman–Crippen MR) is 332 cm³/mol. The molecular weight excluding hydrogens is 1190 g/mol. The second kappa shape index (κ2) is 35.7. The molecule has 0 unspecified atom stereocenters. The average molecular weight is 1260 g/mol. The Labute approximate surface area is 523 Å². The molecule has 8 rings (SSSR count). The molecule has 2 aliphatic heterocycles. The van der Waals surface area contributed by atoms with Gasteiger partial charge in [-0.05, 0) is 96.7 Å². The van der Waals surface area contributed by atoms with Crippen LogP contribution in [0.3, 0.4) is 0 Å². The van der Waals surface area contributed by atoms with Crippen molar-refractivity contribution in [3.8, 4) is 34.3 Å². The van der Waals surface area contributed by atoms with E-state index in [2.05, 4.69) is 89.4 Å². The monoisotopic (exact) mass is 1260 g/mol. The lowest BCUT2D eigenvalue weighted by molar-refractivity contribution is 0.00982. The Morgan fingerprint density at radius 3 is 1.24 bits per heavy atom. The zero-order valence-corrected chi connectivity index (χ0v) is 51.7. The lowest BCUT2D eigenvalue weighted by Gasteiger charge is -2.33. The summed E-state index contributed by atoms with van der Waals surface area (Å²) in [6, 6.07) is 27.4. The molecule has 0 bridgehead atoms. The van der Waals surface area contributed by atoms with Gasteiger partial charge in [0.25, 0.3) is 0 Å². The van der Waals surface area contributed by atoms with Crippen LogP contribution in [0.15, 0.2) is 97.6 Å². The van der Waals surface area contributed by atoms with E-state index in [1.54, 1.807) is 0 Å². The minimum atomic E-state index is -0.281. The number of halogens is 4. The van der Waals surface area contributed by atoms with Crippen molar-refractivity contribution in [2.45, 2.75) is 37.8 Å². The van der Waals surface area contributed by atoms with Gasteiger partial charge in [-0.1, -0.05) is 82.8 Å². The number of rotatable bonds is 35. The number of hydrogen-bond acceptors (Lipinski definition) is 16. The second-order valence-corrected chi connectivity index (χ2v) is 22.3. The number of nitrogens with zero attached hydrogens (tertiary/aromatic N) is 6. The summed E-state index contributed by atoms with van der Waals surface area (Å²) in [7, 11) is 4.19. The Hall–Kier alpha value is -5.98. The van der Waals surface area contributed by atoms with E-state index in [0.29, 0.717) is 163 Å². The summed E-state index contributed by atoms with van der Waals surface area (Å²) in [4.78, 5) is 46.4. The van der Waals surface area contributed by atoms with Gasteiger partial charge in [0.2, 0.25) is 11.8 Å². The number of nitrogens with one attached hydrogen (secondary N) is 4. The molecule has 86 heavy (non-hydrogen) atoms. The fraction of sp³-hybridized carbons (Fsp3) is 0.452. The van der Waals surface area contributed by atoms with Crippen LogP contribution in [0.4, 0.5) is 9.59 Å². The molecule has 20 nitrogen and oxygen atoms in total. The topological polar surface area (TPSA) is 214 Å². The Morgan fingerprint density at radius 2 is 0.837 bits per heavy atom. The predicted octanol–water partition coefficient (Wildman–Crippen LogP) is 9.30. The molecule has 0 saturated heterocycles. The van der Waals surface area contributed by atoms with E-state index in [9.17, 15) is 9.59 Å². The minimum absolute atomic E-state index is 0.112. The molecule has 2 aromatic heterocycles. The summed E-state index contributed by atoms with van der Waals surface area (Å²) in [6.45, 7) is 10.1. The summed E-state index contributed by atoms with van der Waals surface area (Å²) in [5.74, 6) is 1.14. The van der Waals surface area contributed by atoms with Crippen molar-refractivity contribution in [3.63, 3.8) is 0 Å². The maximum Gasteiger partial charge on any atom is 0.314 e. The molecular formula is C62H76Cl4N10O10. The maximum atomic E-state index is 12.1. The fourth-order valence-corrected chi connectivity index (χ4v) is 11.1. The minimum Gasteiger partial charge on any atom is -0.475 e. The van der Waals surface area contributed by atoms with Crippen LogP contribution in [0, 0.1) is 0 Å². The third-order valence-corrected chi connectivity index (χ3v) is 15.2. The van der Waals surface area contributed by atoms with Crippen molar-refractivity contribution in [3.05, 3.63) is 151 Å². The largest absolute Gasteiger partial charge is 0.475 e. The first-order chi connectivity index (χ1) is 42.0. The highest BCUT2D eigenvalue weighted by molar-refractivity contribution is 6.35. The van der Waals surface area contributed by atoms with Crippen LogP contribution >= 0.6 is 46.4 Å². The molecule has 2 aliphatic rings. The molecule has 6 aromatic rings. The summed E-state index contributed by atoms with van der Waals surface area (Å²) < 4.78 is 45.4. The number of unbranched alkanes of at least 4 members (excludes halogenated alkanes) is 1. The molecule has 4 aromatic carbocycles. The van der Waals surface area contributed by atoms with E-state index in [1.165, 1.54) is 12.7 Å². The molecule has 4 heterocycles. The van der Waals surface area contributed by atoms with Gasteiger partial charge in [0.15, 0.2) is 0 Å². The van der Waals surface area contributed by atoms with Crippen molar-refractivity contribution in [2.75, 3.05) is 146 Å². The van der Waals surface area contributed by atoms with E-state index in [-0.39, 0.29) is 23.9 Å². The Balaban J connectivity index is 0.548. The highest BCUT2D eigenvalue weighted by Gasteiger charge is 2.29. The number of benzene rings is 4. The Kier molecular flexibility index (Phi) is 27.4. The molecule has 4 amide bonds. The molecule has 0 spiro atoms. The zero-order chi connectivity index (χ0) is 60.3. The van der Waals surface area contributed by atoms with Crippen LogP contribution in [0.1, 0.15) is 58.1 Å². The first-order valence-corrected chi connectivity index (χ1v) is 30.4. The molecule has 0 saturated carbocycles. The van der Waals surface area contributed by atoms with Crippen LogP contribution in [0.25, 0.3) is 22.5 Å². The highest BCUT2D eigenvalue weighted by Crippen LogP contribution is 2.41. The van der Waals surface area contributed by atoms with Gasteiger partial charge >= 0.3 is 12.1 Å². The SMILES string of the molecule is CN1Cc2c(Cl)cc(Cl)cc2[C@H](c2cccc(-c3cc(OCCOCCOCCOCCNC(=O)NCCCCNC(=O)NCCOCCOCCOCCOc4cc(-c5cccc([C@@H]6CN(C)Cc7c(Cl)cc(Cl)cc76)c5)ncn4)ncn3)c2)C1. The molecule has 0 radical (unpaired) electrons. The van der Waals surface area contributed by atoms with E-state index < -0.39 is 0 Å². The second-order valence-electron chi connectivity index (χ2n) is 20.6. The average Bonchev–Trinajstić information content (AvgIpc) is 3.07. The number of carbonyl (C=O) groups is 2. The summed E-state index contributed by atoms with van der Waals surface area (Å²) in [5, 5.41) is 13.8. The van der Waals surface area contributed by atoms with Crippen LogP contribution in [0.2, 0.25) is 20.1 Å². The van der Waals surface area contributed by atoms with E-state index in [1.807, 2.05) is 60.7 Å².